The molecule has 1 saturated heterocycles. The van der Waals surface area contributed by atoms with Crippen LogP contribution in [0.2, 0.25) is 0 Å². The summed E-state index contributed by atoms with van der Waals surface area (Å²) >= 11 is 0. The maximum atomic E-state index is 13.2. The smallest absolute Gasteiger partial charge is 0.257 e. The second-order valence-corrected chi connectivity index (χ2v) is 9.27. The van der Waals surface area contributed by atoms with Gasteiger partial charge in [0.2, 0.25) is 10.0 Å². The summed E-state index contributed by atoms with van der Waals surface area (Å²) in [5.74, 6) is -0.297. The van der Waals surface area contributed by atoms with Gasteiger partial charge in [-0.3, -0.25) is 4.79 Å². The van der Waals surface area contributed by atoms with E-state index in [4.69, 9.17) is 0 Å². The van der Waals surface area contributed by atoms with Crippen molar-refractivity contribution in [2.75, 3.05) is 26.2 Å². The van der Waals surface area contributed by atoms with Crippen LogP contribution in [0.15, 0.2) is 35.2 Å². The molecule has 0 saturated carbocycles. The predicted octanol–water partition coefficient (Wildman–Crippen LogP) is 2.77. The van der Waals surface area contributed by atoms with Crippen LogP contribution in [0.25, 0.3) is 0 Å². The number of para-hydroxylation sites is 1. The lowest BCUT2D eigenvalue weighted by molar-refractivity contribution is 0.0694. The summed E-state index contributed by atoms with van der Waals surface area (Å²) in [4.78, 5) is 14.7. The number of amides is 1. The molecule has 0 aromatic heterocycles. The Balaban J connectivity index is 1.78. The van der Waals surface area contributed by atoms with E-state index in [1.807, 2.05) is 32.9 Å². The fourth-order valence-electron chi connectivity index (χ4n) is 3.84. The summed E-state index contributed by atoms with van der Waals surface area (Å²) in [6.45, 7) is 8.34. The van der Waals surface area contributed by atoms with Gasteiger partial charge in [0, 0.05) is 26.2 Å². The Morgan fingerprint density at radius 2 is 1.50 bits per heavy atom. The van der Waals surface area contributed by atoms with Crippen molar-refractivity contribution in [3.63, 3.8) is 0 Å². The summed E-state index contributed by atoms with van der Waals surface area (Å²) in [5.41, 5.74) is 3.39. The molecule has 0 bridgehead atoms. The molecule has 1 aliphatic rings. The normalized spacial score (nSPS) is 15.6. The summed E-state index contributed by atoms with van der Waals surface area (Å²) in [6, 6.07) is 8.81. The standard InChI is InChI=1S/C21H26N2O4S/c1-14-12-16(3)20(17(4)13-14)28(26,27)23-10-8-22(9-11-23)21(25)18-7-5-6-15(2)19(18)24/h5-7,12-13,24H,8-11H2,1-4H3. The van der Waals surface area contributed by atoms with Crippen molar-refractivity contribution < 1.29 is 18.3 Å². The van der Waals surface area contributed by atoms with Gasteiger partial charge in [-0.05, 0) is 50.5 Å². The Labute approximate surface area is 166 Å². The van der Waals surface area contributed by atoms with Crippen LogP contribution in [0, 0.1) is 27.7 Å². The summed E-state index contributed by atoms with van der Waals surface area (Å²) in [7, 11) is -3.62. The van der Waals surface area contributed by atoms with E-state index in [1.165, 1.54) is 4.31 Å². The number of rotatable bonds is 3. The first-order chi connectivity index (χ1) is 13.1. The third kappa shape index (κ3) is 3.64. The van der Waals surface area contributed by atoms with Gasteiger partial charge in [-0.25, -0.2) is 8.42 Å². The molecule has 3 rings (SSSR count). The number of aryl methyl sites for hydroxylation is 4. The van der Waals surface area contributed by atoms with Gasteiger partial charge >= 0.3 is 0 Å². The van der Waals surface area contributed by atoms with Crippen LogP contribution in [0.5, 0.6) is 5.75 Å². The molecule has 1 fully saturated rings. The lowest BCUT2D eigenvalue weighted by Gasteiger charge is -2.34. The second-order valence-electron chi connectivity index (χ2n) is 7.40. The quantitative estimate of drug-likeness (QED) is 0.856. The number of piperazine rings is 1. The Bertz CT molecular complexity index is 1000. The summed E-state index contributed by atoms with van der Waals surface area (Å²) < 4.78 is 27.8. The third-order valence-electron chi connectivity index (χ3n) is 5.20. The highest BCUT2D eigenvalue weighted by atomic mass is 32.2. The van der Waals surface area contributed by atoms with E-state index in [0.717, 1.165) is 16.7 Å². The Hall–Kier alpha value is -2.38. The second kappa shape index (κ2) is 7.56. The van der Waals surface area contributed by atoms with Crippen LogP contribution >= 0.6 is 0 Å². The van der Waals surface area contributed by atoms with E-state index >= 15 is 0 Å². The van der Waals surface area contributed by atoms with Gasteiger partial charge in [-0.1, -0.05) is 29.8 Å². The van der Waals surface area contributed by atoms with Gasteiger partial charge in [-0.15, -0.1) is 0 Å². The number of nitrogens with zero attached hydrogens (tertiary/aromatic N) is 2. The molecular weight excluding hydrogens is 376 g/mol. The SMILES string of the molecule is Cc1cc(C)c(S(=O)(=O)N2CCN(C(=O)c3cccc(C)c3O)CC2)c(C)c1. The monoisotopic (exact) mass is 402 g/mol. The summed E-state index contributed by atoms with van der Waals surface area (Å²) in [6.07, 6.45) is 0. The molecule has 1 aliphatic heterocycles. The predicted molar refractivity (Wildman–Crippen MR) is 108 cm³/mol. The molecule has 0 spiro atoms. The average Bonchev–Trinajstić information content (AvgIpc) is 2.62. The average molecular weight is 403 g/mol. The molecule has 0 unspecified atom stereocenters. The largest absolute Gasteiger partial charge is 0.507 e. The molecule has 0 atom stereocenters. The van der Waals surface area contributed by atoms with Crippen molar-refractivity contribution in [1.29, 1.82) is 0 Å². The Kier molecular flexibility index (Phi) is 5.50. The first kappa shape index (κ1) is 20.4. The highest BCUT2D eigenvalue weighted by Crippen LogP contribution is 2.27. The number of hydrogen-bond acceptors (Lipinski definition) is 4. The number of phenols is 1. The zero-order valence-corrected chi connectivity index (χ0v) is 17.5. The molecule has 7 heteroatoms. The van der Waals surface area contributed by atoms with Crippen molar-refractivity contribution in [1.82, 2.24) is 9.21 Å². The van der Waals surface area contributed by atoms with Crippen molar-refractivity contribution in [3.8, 4) is 5.75 Å². The topological polar surface area (TPSA) is 77.9 Å². The number of sulfonamides is 1. The third-order valence-corrected chi connectivity index (χ3v) is 7.40. The fourth-order valence-corrected chi connectivity index (χ4v) is 5.67. The minimum Gasteiger partial charge on any atom is -0.507 e. The van der Waals surface area contributed by atoms with E-state index in [1.54, 1.807) is 30.0 Å². The molecule has 1 heterocycles. The van der Waals surface area contributed by atoms with Crippen LogP contribution < -0.4 is 0 Å². The molecule has 0 radical (unpaired) electrons. The maximum Gasteiger partial charge on any atom is 0.257 e. The fraction of sp³-hybridized carbons (Fsp3) is 0.381. The zero-order valence-electron chi connectivity index (χ0n) is 16.7. The number of phenolic OH excluding ortho intramolecular Hbond substituents is 1. The number of aromatic hydroxyl groups is 1. The van der Waals surface area contributed by atoms with Crippen molar-refractivity contribution in [2.24, 2.45) is 0 Å². The van der Waals surface area contributed by atoms with Crippen LogP contribution in [0.3, 0.4) is 0 Å². The maximum absolute atomic E-state index is 13.2. The number of benzene rings is 2. The molecule has 1 amide bonds. The van der Waals surface area contributed by atoms with Crippen LogP contribution in [-0.2, 0) is 10.0 Å². The minimum atomic E-state index is -3.62. The van der Waals surface area contributed by atoms with Gasteiger partial charge in [-0.2, -0.15) is 4.31 Å². The molecule has 150 valence electrons. The molecule has 6 nitrogen and oxygen atoms in total. The van der Waals surface area contributed by atoms with Crippen molar-refractivity contribution in [3.05, 3.63) is 58.1 Å². The minimum absolute atomic E-state index is 0.0199. The molecule has 2 aromatic rings. The van der Waals surface area contributed by atoms with Gasteiger partial charge < -0.3 is 10.0 Å². The zero-order chi connectivity index (χ0) is 20.6. The van der Waals surface area contributed by atoms with Crippen molar-refractivity contribution >= 4 is 15.9 Å². The molecular formula is C21H26N2O4S. The van der Waals surface area contributed by atoms with E-state index in [9.17, 15) is 18.3 Å². The first-order valence-electron chi connectivity index (χ1n) is 9.28. The molecule has 2 aromatic carbocycles. The number of hydrogen-bond donors (Lipinski definition) is 1. The molecule has 1 N–H and O–H groups in total. The Morgan fingerprint density at radius 3 is 2.07 bits per heavy atom. The van der Waals surface area contributed by atoms with Crippen LogP contribution in [0.1, 0.15) is 32.6 Å². The van der Waals surface area contributed by atoms with Gasteiger partial charge in [0.1, 0.15) is 5.75 Å². The van der Waals surface area contributed by atoms with E-state index in [-0.39, 0.29) is 43.4 Å². The van der Waals surface area contributed by atoms with Gasteiger partial charge in [0.05, 0.1) is 10.5 Å². The number of carbonyl (C=O) groups excluding carboxylic acids is 1. The molecule has 0 aliphatic carbocycles. The lowest BCUT2D eigenvalue weighted by Crippen LogP contribution is -2.50. The van der Waals surface area contributed by atoms with Crippen molar-refractivity contribution in [2.45, 2.75) is 32.6 Å². The highest BCUT2D eigenvalue weighted by molar-refractivity contribution is 7.89. The van der Waals surface area contributed by atoms with Gasteiger partial charge in [0.25, 0.3) is 5.91 Å². The Morgan fingerprint density at radius 1 is 0.929 bits per heavy atom. The number of carbonyl (C=O) groups is 1. The van der Waals surface area contributed by atoms with Gasteiger partial charge in [0.15, 0.2) is 0 Å². The highest BCUT2D eigenvalue weighted by Gasteiger charge is 2.32. The molecule has 28 heavy (non-hydrogen) atoms. The van der Waals surface area contributed by atoms with E-state index < -0.39 is 10.0 Å². The van der Waals surface area contributed by atoms with E-state index in [0.29, 0.717) is 10.5 Å². The van der Waals surface area contributed by atoms with Crippen LogP contribution in [-0.4, -0.2) is 54.8 Å². The van der Waals surface area contributed by atoms with E-state index in [2.05, 4.69) is 0 Å². The summed E-state index contributed by atoms with van der Waals surface area (Å²) in [5, 5.41) is 10.2. The van der Waals surface area contributed by atoms with Crippen LogP contribution in [0.4, 0.5) is 0 Å². The first-order valence-corrected chi connectivity index (χ1v) is 10.7. The lowest BCUT2D eigenvalue weighted by atomic mass is 10.1.